The van der Waals surface area contributed by atoms with Crippen LogP contribution in [0.5, 0.6) is 5.75 Å². The summed E-state index contributed by atoms with van der Waals surface area (Å²) in [5, 5.41) is 8.49. The molecule has 86 valence electrons. The van der Waals surface area contributed by atoms with Gasteiger partial charge >= 0.3 is 5.97 Å². The fraction of sp³-hybridized carbons (Fsp3) is 0.273. The molecule has 1 aromatic rings. The SMILES string of the molecule is COc1cc(CC(=O)C(=O)O)ccc1SC. The highest BCUT2D eigenvalue weighted by Crippen LogP contribution is 2.28. The van der Waals surface area contributed by atoms with Gasteiger partial charge in [-0.05, 0) is 24.0 Å². The molecule has 0 heterocycles. The van der Waals surface area contributed by atoms with Crippen LogP contribution in [0, 0.1) is 0 Å². The molecule has 0 aliphatic carbocycles. The predicted molar refractivity (Wildman–Crippen MR) is 61.1 cm³/mol. The van der Waals surface area contributed by atoms with Crippen LogP contribution < -0.4 is 4.74 Å². The number of carboxylic acids is 1. The standard InChI is InChI=1S/C11H12O4S/c1-15-9-6-7(3-4-10(9)16-2)5-8(12)11(13)14/h3-4,6H,5H2,1-2H3,(H,13,14). The lowest BCUT2D eigenvalue weighted by Crippen LogP contribution is -2.15. The quantitative estimate of drug-likeness (QED) is 0.625. The number of carboxylic acid groups (broad SMARTS) is 1. The molecular formula is C11H12O4S. The van der Waals surface area contributed by atoms with E-state index in [0.29, 0.717) is 11.3 Å². The third kappa shape index (κ3) is 3.00. The van der Waals surface area contributed by atoms with Crippen LogP contribution in [0.15, 0.2) is 23.1 Å². The van der Waals surface area contributed by atoms with Crippen LogP contribution >= 0.6 is 11.8 Å². The van der Waals surface area contributed by atoms with Crippen LogP contribution in [0.3, 0.4) is 0 Å². The van der Waals surface area contributed by atoms with E-state index in [2.05, 4.69) is 0 Å². The Kier molecular flexibility index (Phi) is 4.37. The largest absolute Gasteiger partial charge is 0.496 e. The molecule has 1 rings (SSSR count). The first-order valence-corrected chi connectivity index (χ1v) is 5.78. The van der Waals surface area contributed by atoms with E-state index >= 15 is 0 Å². The highest BCUT2D eigenvalue weighted by Gasteiger charge is 2.13. The van der Waals surface area contributed by atoms with Gasteiger partial charge in [0.2, 0.25) is 5.78 Å². The van der Waals surface area contributed by atoms with Crippen molar-refractivity contribution in [1.82, 2.24) is 0 Å². The van der Waals surface area contributed by atoms with Gasteiger partial charge < -0.3 is 9.84 Å². The molecular weight excluding hydrogens is 228 g/mol. The van der Waals surface area contributed by atoms with Crippen LogP contribution in [0.1, 0.15) is 5.56 Å². The van der Waals surface area contributed by atoms with Crippen molar-refractivity contribution in [3.05, 3.63) is 23.8 Å². The number of ether oxygens (including phenoxy) is 1. The maximum absolute atomic E-state index is 11.0. The van der Waals surface area contributed by atoms with Gasteiger partial charge in [0, 0.05) is 11.3 Å². The van der Waals surface area contributed by atoms with Crippen molar-refractivity contribution in [2.24, 2.45) is 0 Å². The number of methoxy groups -OCH3 is 1. The zero-order chi connectivity index (χ0) is 12.1. The lowest BCUT2D eigenvalue weighted by Gasteiger charge is -2.07. The number of rotatable bonds is 5. The van der Waals surface area contributed by atoms with Crippen molar-refractivity contribution in [3.8, 4) is 5.75 Å². The molecule has 0 aromatic heterocycles. The minimum absolute atomic E-state index is 0.111. The monoisotopic (exact) mass is 240 g/mol. The van der Waals surface area contributed by atoms with Crippen molar-refractivity contribution in [3.63, 3.8) is 0 Å². The Morgan fingerprint density at radius 2 is 2.12 bits per heavy atom. The van der Waals surface area contributed by atoms with E-state index in [1.165, 1.54) is 18.9 Å². The Morgan fingerprint density at radius 1 is 1.44 bits per heavy atom. The molecule has 1 aromatic carbocycles. The molecule has 0 saturated heterocycles. The molecule has 0 amide bonds. The first-order valence-electron chi connectivity index (χ1n) is 4.55. The molecule has 16 heavy (non-hydrogen) atoms. The Bertz CT molecular complexity index is 414. The Labute approximate surface area is 97.6 Å². The summed E-state index contributed by atoms with van der Waals surface area (Å²) in [6.07, 6.45) is 1.81. The van der Waals surface area contributed by atoms with Crippen LogP contribution in [0.4, 0.5) is 0 Å². The number of hydrogen-bond donors (Lipinski definition) is 1. The first-order chi connectivity index (χ1) is 7.58. The van der Waals surface area contributed by atoms with Gasteiger partial charge in [-0.15, -0.1) is 11.8 Å². The first kappa shape index (κ1) is 12.6. The summed E-state index contributed by atoms with van der Waals surface area (Å²) in [4.78, 5) is 22.4. The lowest BCUT2D eigenvalue weighted by atomic mass is 10.1. The van der Waals surface area contributed by atoms with Crippen molar-refractivity contribution in [1.29, 1.82) is 0 Å². The highest BCUT2D eigenvalue weighted by atomic mass is 32.2. The van der Waals surface area contributed by atoms with Crippen molar-refractivity contribution in [2.75, 3.05) is 13.4 Å². The molecule has 0 fully saturated rings. The number of hydrogen-bond acceptors (Lipinski definition) is 4. The number of Topliss-reactive ketones (excluding diaryl/α,β-unsaturated/α-hetero) is 1. The van der Waals surface area contributed by atoms with E-state index in [1.54, 1.807) is 12.1 Å². The van der Waals surface area contributed by atoms with E-state index in [0.717, 1.165) is 4.90 Å². The fourth-order valence-electron chi connectivity index (χ4n) is 1.25. The van der Waals surface area contributed by atoms with Gasteiger partial charge in [0.15, 0.2) is 0 Å². The van der Waals surface area contributed by atoms with Gasteiger partial charge in [-0.25, -0.2) is 4.79 Å². The average Bonchev–Trinajstić information content (AvgIpc) is 2.28. The van der Waals surface area contributed by atoms with E-state index in [9.17, 15) is 9.59 Å². The maximum Gasteiger partial charge on any atom is 0.372 e. The van der Waals surface area contributed by atoms with Gasteiger partial charge in [0.05, 0.1) is 7.11 Å². The molecule has 5 heteroatoms. The zero-order valence-electron chi connectivity index (χ0n) is 9.02. The third-order valence-corrected chi connectivity index (χ3v) is 2.83. The Hall–Kier alpha value is -1.49. The summed E-state index contributed by atoms with van der Waals surface area (Å²) >= 11 is 1.53. The predicted octanol–water partition coefficient (Wildman–Crippen LogP) is 1.61. The molecule has 0 aliphatic rings. The van der Waals surface area contributed by atoms with E-state index in [4.69, 9.17) is 9.84 Å². The average molecular weight is 240 g/mol. The third-order valence-electron chi connectivity index (χ3n) is 2.05. The molecule has 0 radical (unpaired) electrons. The number of carbonyl (C=O) groups excluding carboxylic acids is 1. The molecule has 0 unspecified atom stereocenters. The summed E-state index contributed by atoms with van der Waals surface area (Å²) in [7, 11) is 1.54. The van der Waals surface area contributed by atoms with Crippen molar-refractivity contribution < 1.29 is 19.4 Å². The van der Waals surface area contributed by atoms with E-state index in [-0.39, 0.29) is 6.42 Å². The van der Waals surface area contributed by atoms with Gasteiger partial charge in [-0.1, -0.05) is 6.07 Å². The van der Waals surface area contributed by atoms with Gasteiger partial charge in [0.25, 0.3) is 0 Å². The molecule has 4 nitrogen and oxygen atoms in total. The highest BCUT2D eigenvalue weighted by molar-refractivity contribution is 7.98. The number of thioether (sulfide) groups is 1. The summed E-state index contributed by atoms with van der Waals surface area (Å²) in [5.74, 6) is -1.57. The van der Waals surface area contributed by atoms with Gasteiger partial charge in [-0.3, -0.25) is 4.79 Å². The Morgan fingerprint density at radius 3 is 2.62 bits per heavy atom. The maximum atomic E-state index is 11.0. The molecule has 0 saturated carbocycles. The van der Waals surface area contributed by atoms with Crippen LogP contribution in [0.2, 0.25) is 0 Å². The number of ketones is 1. The smallest absolute Gasteiger partial charge is 0.372 e. The minimum Gasteiger partial charge on any atom is -0.496 e. The summed E-state index contributed by atoms with van der Waals surface area (Å²) in [6, 6.07) is 5.23. The van der Waals surface area contributed by atoms with Gasteiger partial charge in [0.1, 0.15) is 5.75 Å². The molecule has 1 N–H and O–H groups in total. The van der Waals surface area contributed by atoms with Crippen molar-refractivity contribution in [2.45, 2.75) is 11.3 Å². The Balaban J connectivity index is 2.91. The van der Waals surface area contributed by atoms with Crippen LogP contribution in [-0.4, -0.2) is 30.2 Å². The van der Waals surface area contributed by atoms with Crippen LogP contribution in [0.25, 0.3) is 0 Å². The number of benzene rings is 1. The molecule has 0 atom stereocenters. The summed E-state index contributed by atoms with van der Waals surface area (Å²) in [5.41, 5.74) is 0.641. The zero-order valence-corrected chi connectivity index (χ0v) is 9.84. The van der Waals surface area contributed by atoms with E-state index in [1.807, 2.05) is 12.3 Å². The van der Waals surface area contributed by atoms with Crippen molar-refractivity contribution >= 4 is 23.5 Å². The second kappa shape index (κ2) is 5.55. The molecule has 0 spiro atoms. The minimum atomic E-state index is -1.41. The second-order valence-electron chi connectivity index (χ2n) is 3.09. The second-order valence-corrected chi connectivity index (χ2v) is 3.94. The molecule has 0 bridgehead atoms. The lowest BCUT2D eigenvalue weighted by molar-refractivity contribution is -0.148. The van der Waals surface area contributed by atoms with Gasteiger partial charge in [-0.2, -0.15) is 0 Å². The topological polar surface area (TPSA) is 63.6 Å². The summed E-state index contributed by atoms with van der Waals surface area (Å²) < 4.78 is 5.14. The number of carbonyl (C=O) groups is 2. The summed E-state index contributed by atoms with van der Waals surface area (Å²) in [6.45, 7) is 0. The number of aliphatic carboxylic acids is 1. The molecule has 0 aliphatic heterocycles. The fourth-order valence-corrected chi connectivity index (χ4v) is 1.80. The normalized spacial score (nSPS) is 9.88. The van der Waals surface area contributed by atoms with Crippen LogP contribution in [-0.2, 0) is 16.0 Å². The van der Waals surface area contributed by atoms with E-state index < -0.39 is 11.8 Å².